The lowest BCUT2D eigenvalue weighted by Crippen LogP contribution is -2.31. The number of aryl methyl sites for hydroxylation is 1. The Morgan fingerprint density at radius 1 is 1.08 bits per heavy atom. The van der Waals surface area contributed by atoms with Crippen molar-refractivity contribution in [1.82, 2.24) is 4.90 Å². The van der Waals surface area contributed by atoms with Crippen LogP contribution in [-0.2, 0) is 0 Å². The minimum atomic E-state index is 0.100. The molecule has 2 heterocycles. The summed E-state index contributed by atoms with van der Waals surface area (Å²) in [6.45, 7) is 6.04. The Morgan fingerprint density at radius 2 is 1.88 bits per heavy atom. The van der Waals surface area contributed by atoms with E-state index in [0.29, 0.717) is 13.2 Å². The summed E-state index contributed by atoms with van der Waals surface area (Å²) in [6, 6.07) is 12.1. The summed E-state index contributed by atoms with van der Waals surface area (Å²) in [5.41, 5.74) is 4.16. The van der Waals surface area contributed by atoms with Crippen LogP contribution in [0.5, 0.6) is 11.5 Å². The van der Waals surface area contributed by atoms with E-state index in [9.17, 15) is 4.79 Å². The highest BCUT2D eigenvalue weighted by molar-refractivity contribution is 5.96. The maximum atomic E-state index is 13.2. The predicted molar refractivity (Wildman–Crippen MR) is 96.4 cm³/mol. The molecule has 2 aliphatic heterocycles. The number of ether oxygens (including phenoxy) is 2. The van der Waals surface area contributed by atoms with E-state index >= 15 is 0 Å². The Labute approximate surface area is 148 Å². The van der Waals surface area contributed by atoms with Crippen LogP contribution in [0.3, 0.4) is 0 Å². The number of rotatable bonds is 2. The van der Waals surface area contributed by atoms with Gasteiger partial charge in [-0.3, -0.25) is 4.79 Å². The minimum Gasteiger partial charge on any atom is -0.486 e. The van der Waals surface area contributed by atoms with E-state index in [1.807, 2.05) is 49.1 Å². The van der Waals surface area contributed by atoms with Gasteiger partial charge >= 0.3 is 0 Å². The van der Waals surface area contributed by atoms with Crippen molar-refractivity contribution < 1.29 is 14.3 Å². The number of carbonyl (C=O) groups excluding carboxylic acids is 1. The van der Waals surface area contributed by atoms with Crippen LogP contribution in [-0.4, -0.2) is 30.6 Å². The summed E-state index contributed by atoms with van der Waals surface area (Å²) in [5.74, 6) is 1.70. The van der Waals surface area contributed by atoms with Crippen molar-refractivity contribution in [2.75, 3.05) is 19.8 Å². The van der Waals surface area contributed by atoms with Crippen LogP contribution in [0, 0.1) is 13.8 Å². The van der Waals surface area contributed by atoms with Crippen LogP contribution >= 0.6 is 0 Å². The van der Waals surface area contributed by atoms with Gasteiger partial charge < -0.3 is 14.4 Å². The highest BCUT2D eigenvalue weighted by atomic mass is 16.6. The molecule has 25 heavy (non-hydrogen) atoms. The van der Waals surface area contributed by atoms with Crippen molar-refractivity contribution in [2.24, 2.45) is 0 Å². The van der Waals surface area contributed by atoms with Crippen molar-refractivity contribution in [3.05, 3.63) is 58.7 Å². The summed E-state index contributed by atoms with van der Waals surface area (Å²) in [7, 11) is 0. The second-order valence-electron chi connectivity index (χ2n) is 6.81. The van der Waals surface area contributed by atoms with Gasteiger partial charge in [0.05, 0.1) is 6.04 Å². The van der Waals surface area contributed by atoms with Gasteiger partial charge in [0.25, 0.3) is 5.91 Å². The van der Waals surface area contributed by atoms with E-state index in [1.165, 1.54) is 0 Å². The molecule has 2 aromatic carbocycles. The van der Waals surface area contributed by atoms with Gasteiger partial charge in [-0.1, -0.05) is 18.2 Å². The molecule has 1 atom stereocenters. The molecular formula is C21H23NO3. The fourth-order valence-electron chi connectivity index (χ4n) is 3.76. The molecule has 4 heteroatoms. The first-order valence-corrected chi connectivity index (χ1v) is 8.92. The molecule has 0 aliphatic carbocycles. The second-order valence-corrected chi connectivity index (χ2v) is 6.81. The summed E-state index contributed by atoms with van der Waals surface area (Å²) >= 11 is 0. The van der Waals surface area contributed by atoms with E-state index in [0.717, 1.165) is 53.1 Å². The molecule has 4 rings (SSSR count). The Kier molecular flexibility index (Phi) is 4.12. The lowest BCUT2D eigenvalue weighted by atomic mass is 10.00. The van der Waals surface area contributed by atoms with Crippen LogP contribution in [0.1, 0.15) is 45.9 Å². The highest BCUT2D eigenvalue weighted by Crippen LogP contribution is 2.38. The van der Waals surface area contributed by atoms with Gasteiger partial charge in [0, 0.05) is 12.1 Å². The SMILES string of the molecule is Cc1cccc(C(=O)N2CCCC2c2ccc3c(c2)OCCO3)c1C. The lowest BCUT2D eigenvalue weighted by Gasteiger charge is -2.27. The van der Waals surface area contributed by atoms with Gasteiger partial charge in [-0.2, -0.15) is 0 Å². The summed E-state index contributed by atoms with van der Waals surface area (Å²) in [6.07, 6.45) is 2.01. The van der Waals surface area contributed by atoms with E-state index in [-0.39, 0.29) is 11.9 Å². The molecule has 2 aromatic rings. The zero-order valence-electron chi connectivity index (χ0n) is 14.7. The first kappa shape index (κ1) is 16.0. The van der Waals surface area contributed by atoms with Gasteiger partial charge in [-0.05, 0) is 61.6 Å². The summed E-state index contributed by atoms with van der Waals surface area (Å²) in [4.78, 5) is 15.2. The van der Waals surface area contributed by atoms with Crippen molar-refractivity contribution >= 4 is 5.91 Å². The van der Waals surface area contributed by atoms with E-state index in [1.54, 1.807) is 0 Å². The molecule has 4 nitrogen and oxygen atoms in total. The molecule has 0 aromatic heterocycles. The average molecular weight is 337 g/mol. The third-order valence-electron chi connectivity index (χ3n) is 5.30. The zero-order valence-corrected chi connectivity index (χ0v) is 14.7. The number of amides is 1. The number of benzene rings is 2. The van der Waals surface area contributed by atoms with Gasteiger partial charge in [0.1, 0.15) is 13.2 Å². The van der Waals surface area contributed by atoms with E-state index in [2.05, 4.69) is 6.07 Å². The van der Waals surface area contributed by atoms with Gasteiger partial charge in [-0.25, -0.2) is 0 Å². The topological polar surface area (TPSA) is 38.8 Å². The Hall–Kier alpha value is -2.49. The molecule has 0 spiro atoms. The predicted octanol–water partition coefficient (Wildman–Crippen LogP) is 4.05. The smallest absolute Gasteiger partial charge is 0.254 e. The Bertz CT molecular complexity index is 815. The second kappa shape index (κ2) is 6.43. The quantitative estimate of drug-likeness (QED) is 0.830. The molecular weight excluding hydrogens is 314 g/mol. The number of carbonyl (C=O) groups is 1. The monoisotopic (exact) mass is 337 g/mol. The molecule has 1 unspecified atom stereocenters. The molecule has 1 fully saturated rings. The average Bonchev–Trinajstić information content (AvgIpc) is 3.13. The maximum Gasteiger partial charge on any atom is 0.254 e. The van der Waals surface area contributed by atoms with Gasteiger partial charge in [-0.15, -0.1) is 0 Å². The van der Waals surface area contributed by atoms with Gasteiger partial charge in [0.2, 0.25) is 0 Å². The van der Waals surface area contributed by atoms with Crippen LogP contribution in [0.15, 0.2) is 36.4 Å². The van der Waals surface area contributed by atoms with Crippen molar-refractivity contribution in [2.45, 2.75) is 32.7 Å². The molecule has 130 valence electrons. The Morgan fingerprint density at radius 3 is 2.72 bits per heavy atom. The molecule has 1 saturated heterocycles. The van der Waals surface area contributed by atoms with Crippen LogP contribution < -0.4 is 9.47 Å². The minimum absolute atomic E-state index is 0.100. The first-order chi connectivity index (χ1) is 12.1. The highest BCUT2D eigenvalue weighted by Gasteiger charge is 2.32. The zero-order chi connectivity index (χ0) is 17.4. The van der Waals surface area contributed by atoms with Gasteiger partial charge in [0.15, 0.2) is 11.5 Å². The van der Waals surface area contributed by atoms with Crippen LogP contribution in [0.2, 0.25) is 0 Å². The Balaban J connectivity index is 1.64. The fourth-order valence-corrected chi connectivity index (χ4v) is 3.76. The number of hydrogen-bond acceptors (Lipinski definition) is 3. The standard InChI is InChI=1S/C21H23NO3/c1-14-5-3-6-17(15(14)2)21(23)22-10-4-7-18(22)16-8-9-19-20(13-16)25-12-11-24-19/h3,5-6,8-9,13,18H,4,7,10-12H2,1-2H3. The number of fused-ring (bicyclic) bond motifs is 1. The number of likely N-dealkylation sites (tertiary alicyclic amines) is 1. The summed E-state index contributed by atoms with van der Waals surface area (Å²) < 4.78 is 11.3. The molecule has 0 bridgehead atoms. The third kappa shape index (κ3) is 2.86. The van der Waals surface area contributed by atoms with E-state index < -0.39 is 0 Å². The molecule has 0 saturated carbocycles. The fraction of sp³-hybridized carbons (Fsp3) is 0.381. The first-order valence-electron chi connectivity index (χ1n) is 8.92. The lowest BCUT2D eigenvalue weighted by molar-refractivity contribution is 0.0734. The normalized spacial score (nSPS) is 19.1. The third-order valence-corrected chi connectivity index (χ3v) is 5.30. The largest absolute Gasteiger partial charge is 0.486 e. The van der Waals surface area contributed by atoms with E-state index in [4.69, 9.17) is 9.47 Å². The molecule has 0 N–H and O–H groups in total. The molecule has 0 radical (unpaired) electrons. The molecule has 2 aliphatic rings. The van der Waals surface area contributed by atoms with Crippen LogP contribution in [0.4, 0.5) is 0 Å². The maximum absolute atomic E-state index is 13.2. The van der Waals surface area contributed by atoms with Crippen molar-refractivity contribution in [1.29, 1.82) is 0 Å². The van der Waals surface area contributed by atoms with Crippen molar-refractivity contribution in [3.63, 3.8) is 0 Å². The van der Waals surface area contributed by atoms with Crippen molar-refractivity contribution in [3.8, 4) is 11.5 Å². The summed E-state index contributed by atoms with van der Waals surface area (Å²) in [5, 5.41) is 0. The van der Waals surface area contributed by atoms with Crippen LogP contribution in [0.25, 0.3) is 0 Å². The molecule has 1 amide bonds. The number of hydrogen-bond donors (Lipinski definition) is 0. The number of nitrogens with zero attached hydrogens (tertiary/aromatic N) is 1.